The second-order valence-electron chi connectivity index (χ2n) is 3.59. The molecule has 2 rings (SSSR count). The van der Waals surface area contributed by atoms with Crippen LogP contribution in [0.2, 0.25) is 0 Å². The summed E-state index contributed by atoms with van der Waals surface area (Å²) in [5.74, 6) is 0.253. The third-order valence-electron chi connectivity index (χ3n) is 2.31. The highest BCUT2D eigenvalue weighted by Gasteiger charge is 2.13. The van der Waals surface area contributed by atoms with E-state index in [0.717, 1.165) is 16.5 Å². The highest BCUT2D eigenvalue weighted by Crippen LogP contribution is 2.24. The Morgan fingerprint density at radius 1 is 1.44 bits per heavy atom. The Kier molecular flexibility index (Phi) is 2.36. The van der Waals surface area contributed by atoms with Crippen LogP contribution in [0.25, 0.3) is 10.9 Å². The van der Waals surface area contributed by atoms with Gasteiger partial charge in [0.2, 0.25) is 0 Å². The second-order valence-corrected chi connectivity index (χ2v) is 4.88. The van der Waals surface area contributed by atoms with Crippen LogP contribution in [0.3, 0.4) is 0 Å². The molecule has 0 fully saturated rings. The van der Waals surface area contributed by atoms with Gasteiger partial charge in [0.15, 0.2) is 5.82 Å². The van der Waals surface area contributed by atoms with E-state index in [9.17, 15) is 8.42 Å². The fourth-order valence-corrected chi connectivity index (χ4v) is 2.16. The first-order valence-corrected chi connectivity index (χ1v) is 6.16. The molecule has 0 radical (unpaired) electrons. The Bertz CT molecular complexity index is 645. The molecule has 0 aliphatic rings. The van der Waals surface area contributed by atoms with Crippen molar-refractivity contribution >= 4 is 26.9 Å². The Balaban J connectivity index is 2.69. The number of aryl methyl sites for hydroxylation is 2. The van der Waals surface area contributed by atoms with Gasteiger partial charge < -0.3 is 0 Å². The summed E-state index contributed by atoms with van der Waals surface area (Å²) in [6, 6.07) is 5.57. The number of fused-ring (bicyclic) bond motifs is 1. The zero-order valence-electron chi connectivity index (χ0n) is 8.93. The molecule has 0 bridgehead atoms. The molecule has 1 aromatic carbocycles. The van der Waals surface area contributed by atoms with Crippen molar-refractivity contribution < 1.29 is 8.42 Å². The van der Waals surface area contributed by atoms with Gasteiger partial charge in [0.05, 0.1) is 5.52 Å². The van der Waals surface area contributed by atoms with Gasteiger partial charge in [-0.2, -0.15) is 13.5 Å². The number of nitrogens with two attached hydrogens (primary N) is 1. The maximum absolute atomic E-state index is 11.0. The van der Waals surface area contributed by atoms with E-state index in [2.05, 4.69) is 9.82 Å². The summed E-state index contributed by atoms with van der Waals surface area (Å²) < 4.78 is 25.7. The van der Waals surface area contributed by atoms with Crippen LogP contribution in [0.5, 0.6) is 0 Å². The van der Waals surface area contributed by atoms with Crippen LogP contribution >= 0.6 is 0 Å². The van der Waals surface area contributed by atoms with Gasteiger partial charge in [0.1, 0.15) is 0 Å². The fourth-order valence-electron chi connectivity index (χ4n) is 1.74. The molecule has 0 saturated carbocycles. The number of nitrogens with zero attached hydrogens (tertiary/aromatic N) is 2. The van der Waals surface area contributed by atoms with Crippen molar-refractivity contribution in [1.82, 2.24) is 9.78 Å². The number of para-hydroxylation sites is 1. The first kappa shape index (κ1) is 10.9. The summed E-state index contributed by atoms with van der Waals surface area (Å²) >= 11 is 0. The van der Waals surface area contributed by atoms with Gasteiger partial charge in [0, 0.05) is 12.4 Å². The zero-order chi connectivity index (χ0) is 11.9. The maximum Gasteiger partial charge on any atom is 0.297 e. The lowest BCUT2D eigenvalue weighted by Crippen LogP contribution is -2.22. The molecule has 7 heteroatoms. The zero-order valence-corrected chi connectivity index (χ0v) is 9.75. The largest absolute Gasteiger partial charge is 0.297 e. The summed E-state index contributed by atoms with van der Waals surface area (Å²) in [5, 5.41) is 9.73. The van der Waals surface area contributed by atoms with Crippen molar-refractivity contribution in [2.75, 3.05) is 4.72 Å². The van der Waals surface area contributed by atoms with Crippen molar-refractivity contribution in [1.29, 1.82) is 0 Å². The molecule has 0 aliphatic heterocycles. The maximum atomic E-state index is 11.0. The summed E-state index contributed by atoms with van der Waals surface area (Å²) in [6.07, 6.45) is 0. The Hall–Kier alpha value is -1.60. The monoisotopic (exact) mass is 240 g/mol. The van der Waals surface area contributed by atoms with Crippen molar-refractivity contribution in [2.24, 2.45) is 12.2 Å². The third-order valence-corrected chi connectivity index (χ3v) is 2.78. The van der Waals surface area contributed by atoms with Gasteiger partial charge in [-0.05, 0) is 18.6 Å². The molecule has 3 N–H and O–H groups in total. The number of anilines is 1. The molecular weight excluding hydrogens is 228 g/mol. The smallest absolute Gasteiger partial charge is 0.266 e. The van der Waals surface area contributed by atoms with E-state index in [1.165, 1.54) is 0 Å². The van der Waals surface area contributed by atoms with Crippen molar-refractivity contribution in [3.8, 4) is 0 Å². The Morgan fingerprint density at radius 3 is 2.75 bits per heavy atom. The quantitative estimate of drug-likeness (QED) is 0.800. The van der Waals surface area contributed by atoms with Crippen LogP contribution in [0.15, 0.2) is 18.2 Å². The van der Waals surface area contributed by atoms with E-state index in [0.29, 0.717) is 0 Å². The van der Waals surface area contributed by atoms with Gasteiger partial charge in [-0.25, -0.2) is 5.14 Å². The van der Waals surface area contributed by atoms with Crippen LogP contribution < -0.4 is 9.86 Å². The molecule has 0 saturated heterocycles. The molecular formula is C9H12N4O2S. The standard InChI is InChI=1S/C9H12N4O2S/c1-6-4-3-5-7-8(6)13(2)11-9(7)12-16(10,14)15/h3-5H,1-2H3,(H,11,12)(H2,10,14,15). The average molecular weight is 240 g/mol. The number of nitrogens with one attached hydrogen (secondary N) is 1. The Labute approximate surface area is 93.2 Å². The lowest BCUT2D eigenvalue weighted by molar-refractivity contribution is 0.602. The normalized spacial score (nSPS) is 11.9. The molecule has 0 aliphatic carbocycles. The van der Waals surface area contributed by atoms with E-state index in [1.54, 1.807) is 17.8 Å². The second kappa shape index (κ2) is 3.46. The SMILES string of the molecule is Cc1cccc2c(NS(N)(=O)=O)nn(C)c12. The van der Waals surface area contributed by atoms with Gasteiger partial charge >= 0.3 is 0 Å². The van der Waals surface area contributed by atoms with Crippen LogP contribution in [-0.4, -0.2) is 18.2 Å². The predicted octanol–water partition coefficient (Wildman–Crippen LogP) is 0.497. The third kappa shape index (κ3) is 1.86. The fraction of sp³-hybridized carbons (Fsp3) is 0.222. The minimum atomic E-state index is -3.79. The highest BCUT2D eigenvalue weighted by molar-refractivity contribution is 7.90. The molecule has 0 atom stereocenters. The van der Waals surface area contributed by atoms with Gasteiger partial charge in [-0.15, -0.1) is 0 Å². The summed E-state index contributed by atoms with van der Waals surface area (Å²) in [4.78, 5) is 0. The van der Waals surface area contributed by atoms with Crippen LogP contribution in [0.1, 0.15) is 5.56 Å². The summed E-state index contributed by atoms with van der Waals surface area (Å²) in [6.45, 7) is 1.94. The molecule has 0 spiro atoms. The van der Waals surface area contributed by atoms with E-state index < -0.39 is 10.2 Å². The molecule has 1 heterocycles. The topological polar surface area (TPSA) is 90.0 Å². The molecule has 0 unspecified atom stereocenters. The van der Waals surface area contributed by atoms with Crippen LogP contribution in [-0.2, 0) is 17.3 Å². The van der Waals surface area contributed by atoms with Gasteiger partial charge in [0.25, 0.3) is 10.2 Å². The molecule has 6 nitrogen and oxygen atoms in total. The lowest BCUT2D eigenvalue weighted by Gasteiger charge is -1.99. The number of rotatable bonds is 2. The van der Waals surface area contributed by atoms with E-state index in [4.69, 9.17) is 5.14 Å². The van der Waals surface area contributed by atoms with Gasteiger partial charge in [-0.1, -0.05) is 12.1 Å². The predicted molar refractivity (Wildman–Crippen MR) is 62.2 cm³/mol. The molecule has 1 aromatic heterocycles. The highest BCUT2D eigenvalue weighted by atomic mass is 32.2. The first-order valence-electron chi connectivity index (χ1n) is 4.61. The number of benzene rings is 1. The summed E-state index contributed by atoms with van der Waals surface area (Å²) in [5.41, 5.74) is 1.91. The number of hydrogen-bond donors (Lipinski definition) is 2. The van der Waals surface area contributed by atoms with Crippen molar-refractivity contribution in [3.05, 3.63) is 23.8 Å². The minimum absolute atomic E-state index is 0.253. The van der Waals surface area contributed by atoms with Crippen molar-refractivity contribution in [2.45, 2.75) is 6.92 Å². The van der Waals surface area contributed by atoms with E-state index in [-0.39, 0.29) is 5.82 Å². The lowest BCUT2D eigenvalue weighted by atomic mass is 10.1. The molecule has 0 amide bonds. The number of aromatic nitrogens is 2. The van der Waals surface area contributed by atoms with Crippen LogP contribution in [0, 0.1) is 6.92 Å². The van der Waals surface area contributed by atoms with Crippen molar-refractivity contribution in [3.63, 3.8) is 0 Å². The molecule has 16 heavy (non-hydrogen) atoms. The Morgan fingerprint density at radius 2 is 2.12 bits per heavy atom. The average Bonchev–Trinajstić information content (AvgIpc) is 2.42. The first-order chi connectivity index (χ1) is 7.38. The van der Waals surface area contributed by atoms with E-state index in [1.807, 2.05) is 19.1 Å². The number of hydrogen-bond acceptors (Lipinski definition) is 3. The van der Waals surface area contributed by atoms with Crippen LogP contribution in [0.4, 0.5) is 5.82 Å². The van der Waals surface area contributed by atoms with E-state index >= 15 is 0 Å². The summed E-state index contributed by atoms with van der Waals surface area (Å²) in [7, 11) is -2.04. The molecule has 2 aromatic rings. The minimum Gasteiger partial charge on any atom is -0.266 e. The van der Waals surface area contributed by atoms with Gasteiger partial charge in [-0.3, -0.25) is 9.40 Å². The molecule has 86 valence electrons.